The van der Waals surface area contributed by atoms with Crippen LogP contribution in [0.1, 0.15) is 36.2 Å². The highest BCUT2D eigenvalue weighted by Crippen LogP contribution is 2.28. The normalized spacial score (nSPS) is 13.5. The van der Waals surface area contributed by atoms with Crippen LogP contribution in [-0.4, -0.2) is 31.3 Å². The van der Waals surface area contributed by atoms with Crippen LogP contribution in [0.3, 0.4) is 0 Å². The average molecular weight is 260 g/mol. The molecular formula is C15H20N2O2. The van der Waals surface area contributed by atoms with Gasteiger partial charge < -0.3 is 10.2 Å². The molecule has 4 nitrogen and oxygen atoms in total. The maximum absolute atomic E-state index is 12.0. The van der Waals surface area contributed by atoms with Crippen molar-refractivity contribution in [3.63, 3.8) is 0 Å². The van der Waals surface area contributed by atoms with Crippen molar-refractivity contribution < 1.29 is 9.59 Å². The van der Waals surface area contributed by atoms with Gasteiger partial charge in [0.05, 0.1) is 6.54 Å². The van der Waals surface area contributed by atoms with Crippen LogP contribution in [0.15, 0.2) is 18.2 Å². The first-order valence-corrected chi connectivity index (χ1v) is 6.78. The number of carbonyl (C=O) groups is 2. The second-order valence-corrected chi connectivity index (χ2v) is 4.86. The first-order chi connectivity index (χ1) is 9.13. The molecular weight excluding hydrogens is 240 g/mol. The molecule has 1 heterocycles. The third-order valence-corrected chi connectivity index (χ3v) is 3.39. The van der Waals surface area contributed by atoms with E-state index >= 15 is 0 Å². The van der Waals surface area contributed by atoms with E-state index in [0.717, 1.165) is 42.7 Å². The molecule has 1 aliphatic rings. The molecule has 0 atom stereocenters. The van der Waals surface area contributed by atoms with Crippen LogP contribution in [0.2, 0.25) is 0 Å². The van der Waals surface area contributed by atoms with E-state index in [-0.39, 0.29) is 11.7 Å². The zero-order valence-electron chi connectivity index (χ0n) is 11.5. The molecule has 1 N–H and O–H groups in total. The Morgan fingerprint density at radius 1 is 1.37 bits per heavy atom. The van der Waals surface area contributed by atoms with Crippen molar-refractivity contribution in [3.8, 4) is 0 Å². The van der Waals surface area contributed by atoms with Gasteiger partial charge in [0, 0.05) is 24.7 Å². The molecule has 1 aromatic rings. The lowest BCUT2D eigenvalue weighted by molar-refractivity contribution is -0.116. The summed E-state index contributed by atoms with van der Waals surface area (Å²) in [6.07, 6.45) is 1.85. The summed E-state index contributed by atoms with van der Waals surface area (Å²) in [4.78, 5) is 25.2. The molecule has 0 fully saturated rings. The number of anilines is 1. The number of benzene rings is 1. The third kappa shape index (κ3) is 3.01. The lowest BCUT2D eigenvalue weighted by atomic mass is 10.1. The highest BCUT2D eigenvalue weighted by molar-refractivity contribution is 5.99. The Labute approximate surface area is 113 Å². The molecule has 4 heteroatoms. The maximum Gasteiger partial charge on any atom is 0.223 e. The number of amides is 1. The number of fused-ring (bicyclic) bond motifs is 1. The molecule has 19 heavy (non-hydrogen) atoms. The van der Waals surface area contributed by atoms with Crippen molar-refractivity contribution >= 4 is 17.4 Å². The minimum atomic E-state index is 0.0578. The molecule has 0 aromatic heterocycles. The predicted octanol–water partition coefficient (Wildman–Crippen LogP) is 1.78. The van der Waals surface area contributed by atoms with Crippen molar-refractivity contribution in [1.29, 1.82) is 0 Å². The molecule has 1 aromatic carbocycles. The molecule has 1 amide bonds. The topological polar surface area (TPSA) is 49.4 Å². The number of hydrogen-bond acceptors (Lipinski definition) is 3. The third-order valence-electron chi connectivity index (χ3n) is 3.39. The molecule has 2 rings (SSSR count). The quantitative estimate of drug-likeness (QED) is 0.648. The van der Waals surface area contributed by atoms with Crippen LogP contribution >= 0.6 is 0 Å². The Bertz CT molecular complexity index is 497. The fraction of sp³-hybridized carbons (Fsp3) is 0.467. The van der Waals surface area contributed by atoms with Gasteiger partial charge in [0.25, 0.3) is 0 Å². The number of Topliss-reactive ketones (excluding diaryl/α,β-unsaturated/α-hetero) is 1. The van der Waals surface area contributed by atoms with Crippen molar-refractivity contribution in [1.82, 2.24) is 5.32 Å². The smallest absolute Gasteiger partial charge is 0.223 e. The number of nitrogens with zero attached hydrogens (tertiary/aromatic N) is 1. The summed E-state index contributed by atoms with van der Waals surface area (Å²) in [5.41, 5.74) is 2.77. The van der Waals surface area contributed by atoms with E-state index in [0.29, 0.717) is 6.54 Å². The van der Waals surface area contributed by atoms with Crippen LogP contribution in [0, 0.1) is 0 Å². The number of rotatable bonds is 5. The molecule has 0 unspecified atom stereocenters. The summed E-state index contributed by atoms with van der Waals surface area (Å²) in [7, 11) is 0. The van der Waals surface area contributed by atoms with Gasteiger partial charge in [0.15, 0.2) is 5.78 Å². The second kappa shape index (κ2) is 5.97. The van der Waals surface area contributed by atoms with Gasteiger partial charge in [-0.05, 0) is 43.1 Å². The molecule has 0 aliphatic carbocycles. The largest absolute Gasteiger partial charge is 0.312 e. The Kier molecular flexibility index (Phi) is 4.32. The number of hydrogen-bond donors (Lipinski definition) is 1. The van der Waals surface area contributed by atoms with Gasteiger partial charge >= 0.3 is 0 Å². The van der Waals surface area contributed by atoms with Crippen molar-refractivity contribution in [2.45, 2.75) is 26.7 Å². The van der Waals surface area contributed by atoms with E-state index in [4.69, 9.17) is 0 Å². The van der Waals surface area contributed by atoms with Gasteiger partial charge in [-0.25, -0.2) is 0 Å². The van der Waals surface area contributed by atoms with Gasteiger partial charge in [0.1, 0.15) is 0 Å². The zero-order valence-corrected chi connectivity index (χ0v) is 11.5. The van der Waals surface area contributed by atoms with Gasteiger partial charge in [-0.3, -0.25) is 9.59 Å². The first-order valence-electron chi connectivity index (χ1n) is 6.78. The summed E-state index contributed by atoms with van der Waals surface area (Å²) >= 11 is 0. The van der Waals surface area contributed by atoms with Gasteiger partial charge in [-0.1, -0.05) is 6.92 Å². The standard InChI is InChI=1S/C15H20N2O2/c1-3-7-16-10-15(19)13-4-5-14-12(9-13)6-8-17(14)11(2)18/h4-5,9,16H,3,6-8,10H2,1-2H3. The van der Waals surface area contributed by atoms with Crippen LogP contribution < -0.4 is 10.2 Å². The molecule has 0 saturated heterocycles. The fourth-order valence-corrected chi connectivity index (χ4v) is 2.38. The maximum atomic E-state index is 12.0. The van der Waals surface area contributed by atoms with Gasteiger partial charge in [-0.2, -0.15) is 0 Å². The first kappa shape index (κ1) is 13.7. The summed E-state index contributed by atoms with van der Waals surface area (Å²) in [5, 5.41) is 3.11. The highest BCUT2D eigenvalue weighted by atomic mass is 16.2. The number of carbonyl (C=O) groups excluding carboxylic acids is 2. The van der Waals surface area contributed by atoms with E-state index in [1.807, 2.05) is 18.2 Å². The number of nitrogens with one attached hydrogen (secondary N) is 1. The van der Waals surface area contributed by atoms with E-state index in [2.05, 4.69) is 12.2 Å². The Morgan fingerprint density at radius 2 is 2.16 bits per heavy atom. The molecule has 102 valence electrons. The summed E-state index contributed by atoms with van der Waals surface area (Å²) in [6, 6.07) is 5.63. The molecule has 0 radical (unpaired) electrons. The minimum absolute atomic E-state index is 0.0578. The fourth-order valence-electron chi connectivity index (χ4n) is 2.38. The summed E-state index contributed by atoms with van der Waals surface area (Å²) < 4.78 is 0. The van der Waals surface area contributed by atoms with Crippen LogP contribution in [0.25, 0.3) is 0 Å². The predicted molar refractivity (Wildman–Crippen MR) is 75.7 cm³/mol. The molecule has 0 saturated carbocycles. The van der Waals surface area contributed by atoms with E-state index in [9.17, 15) is 9.59 Å². The Balaban J connectivity index is 2.10. The van der Waals surface area contributed by atoms with Crippen molar-refractivity contribution in [2.24, 2.45) is 0 Å². The van der Waals surface area contributed by atoms with Gasteiger partial charge in [0.2, 0.25) is 5.91 Å². The van der Waals surface area contributed by atoms with Crippen LogP contribution in [-0.2, 0) is 11.2 Å². The lowest BCUT2D eigenvalue weighted by Gasteiger charge is -2.14. The summed E-state index contributed by atoms with van der Waals surface area (Å²) in [6.45, 7) is 5.60. The van der Waals surface area contributed by atoms with E-state index in [1.165, 1.54) is 0 Å². The SMILES string of the molecule is CCCNCC(=O)c1ccc2c(c1)CCN2C(C)=O. The lowest BCUT2D eigenvalue weighted by Crippen LogP contribution is -2.25. The average Bonchev–Trinajstić information content (AvgIpc) is 2.81. The van der Waals surface area contributed by atoms with Crippen LogP contribution in [0.4, 0.5) is 5.69 Å². The Morgan fingerprint density at radius 3 is 2.84 bits per heavy atom. The second-order valence-electron chi connectivity index (χ2n) is 4.86. The molecule has 1 aliphatic heterocycles. The monoisotopic (exact) mass is 260 g/mol. The van der Waals surface area contributed by atoms with E-state index < -0.39 is 0 Å². The van der Waals surface area contributed by atoms with E-state index in [1.54, 1.807) is 11.8 Å². The minimum Gasteiger partial charge on any atom is -0.312 e. The van der Waals surface area contributed by atoms with Crippen molar-refractivity contribution in [3.05, 3.63) is 29.3 Å². The Hall–Kier alpha value is -1.68. The van der Waals surface area contributed by atoms with Crippen LogP contribution in [0.5, 0.6) is 0 Å². The van der Waals surface area contributed by atoms with Crippen molar-refractivity contribution in [2.75, 3.05) is 24.5 Å². The summed E-state index contributed by atoms with van der Waals surface area (Å²) in [5.74, 6) is 0.167. The molecule has 0 bridgehead atoms. The zero-order chi connectivity index (χ0) is 13.8. The molecule has 0 spiro atoms. The number of ketones is 1. The highest BCUT2D eigenvalue weighted by Gasteiger charge is 2.22. The van der Waals surface area contributed by atoms with Gasteiger partial charge in [-0.15, -0.1) is 0 Å².